The van der Waals surface area contributed by atoms with E-state index in [9.17, 15) is 8.78 Å². The number of rotatable bonds is 0. The van der Waals surface area contributed by atoms with E-state index in [2.05, 4.69) is 5.32 Å². The standard InChI is InChI=1S/C6H12F2N2/c7-6(8)3-5(9)1-2-10-4-6/h5,10H,1-4,9H2/t5-/m0/s1. The van der Waals surface area contributed by atoms with E-state index in [-0.39, 0.29) is 19.0 Å². The molecule has 0 aromatic rings. The zero-order valence-corrected chi connectivity index (χ0v) is 5.74. The Labute approximate surface area is 58.8 Å². The molecule has 1 rings (SSSR count). The van der Waals surface area contributed by atoms with Gasteiger partial charge in [0.15, 0.2) is 0 Å². The summed E-state index contributed by atoms with van der Waals surface area (Å²) in [4.78, 5) is 0. The van der Waals surface area contributed by atoms with Gasteiger partial charge in [-0.2, -0.15) is 0 Å². The molecule has 0 amide bonds. The fourth-order valence-electron chi connectivity index (χ4n) is 1.12. The lowest BCUT2D eigenvalue weighted by atomic mass is 10.1. The molecule has 1 atom stereocenters. The van der Waals surface area contributed by atoms with Crippen LogP contribution < -0.4 is 11.1 Å². The van der Waals surface area contributed by atoms with Crippen LogP contribution in [0.2, 0.25) is 0 Å². The lowest BCUT2D eigenvalue weighted by molar-refractivity contribution is -0.00527. The minimum absolute atomic E-state index is 0.181. The van der Waals surface area contributed by atoms with Crippen LogP contribution in [0.25, 0.3) is 0 Å². The van der Waals surface area contributed by atoms with Gasteiger partial charge in [-0.25, -0.2) is 8.78 Å². The fourth-order valence-corrected chi connectivity index (χ4v) is 1.12. The predicted molar refractivity (Wildman–Crippen MR) is 35.0 cm³/mol. The number of alkyl halides is 2. The largest absolute Gasteiger partial charge is 0.327 e. The molecule has 1 fully saturated rings. The summed E-state index contributed by atoms with van der Waals surface area (Å²) < 4.78 is 25.1. The van der Waals surface area contributed by atoms with Gasteiger partial charge < -0.3 is 11.1 Å². The average Bonchev–Trinajstić information content (AvgIpc) is 1.90. The predicted octanol–water partition coefficient (Wildman–Crippen LogP) is 0.332. The highest BCUT2D eigenvalue weighted by atomic mass is 19.3. The molecule has 2 nitrogen and oxygen atoms in total. The molecular formula is C6H12F2N2. The second-order valence-corrected chi connectivity index (χ2v) is 2.79. The zero-order valence-electron chi connectivity index (χ0n) is 5.74. The lowest BCUT2D eigenvalue weighted by Crippen LogP contribution is -2.32. The SMILES string of the molecule is N[C@H]1CCNCC(F)(F)C1. The molecule has 0 aromatic carbocycles. The quantitative estimate of drug-likeness (QED) is 0.522. The number of halogens is 2. The van der Waals surface area contributed by atoms with Crippen molar-refractivity contribution in [1.29, 1.82) is 0 Å². The first-order chi connectivity index (χ1) is 4.60. The van der Waals surface area contributed by atoms with Gasteiger partial charge in [-0.3, -0.25) is 0 Å². The highest BCUT2D eigenvalue weighted by Crippen LogP contribution is 2.21. The van der Waals surface area contributed by atoms with Gasteiger partial charge in [-0.1, -0.05) is 0 Å². The van der Waals surface area contributed by atoms with Crippen molar-refractivity contribution in [3.63, 3.8) is 0 Å². The number of nitrogens with two attached hydrogens (primary N) is 1. The van der Waals surface area contributed by atoms with Crippen molar-refractivity contribution >= 4 is 0 Å². The van der Waals surface area contributed by atoms with Crippen molar-refractivity contribution in [2.24, 2.45) is 5.73 Å². The van der Waals surface area contributed by atoms with Crippen molar-refractivity contribution in [2.75, 3.05) is 13.1 Å². The van der Waals surface area contributed by atoms with Crippen LogP contribution in [0.1, 0.15) is 12.8 Å². The minimum Gasteiger partial charge on any atom is -0.327 e. The van der Waals surface area contributed by atoms with E-state index in [0.29, 0.717) is 13.0 Å². The van der Waals surface area contributed by atoms with Gasteiger partial charge in [0.1, 0.15) is 0 Å². The number of hydrogen-bond donors (Lipinski definition) is 2. The third kappa shape index (κ3) is 2.19. The van der Waals surface area contributed by atoms with Gasteiger partial charge in [0.25, 0.3) is 5.92 Å². The van der Waals surface area contributed by atoms with Crippen LogP contribution in [0, 0.1) is 0 Å². The Morgan fingerprint density at radius 1 is 1.50 bits per heavy atom. The van der Waals surface area contributed by atoms with E-state index in [4.69, 9.17) is 5.73 Å². The van der Waals surface area contributed by atoms with Gasteiger partial charge >= 0.3 is 0 Å². The summed E-state index contributed by atoms with van der Waals surface area (Å²) in [6, 6.07) is -0.343. The molecule has 10 heavy (non-hydrogen) atoms. The second-order valence-electron chi connectivity index (χ2n) is 2.79. The normalized spacial score (nSPS) is 33.3. The van der Waals surface area contributed by atoms with E-state index in [0.717, 1.165) is 0 Å². The van der Waals surface area contributed by atoms with Crippen LogP contribution in [-0.4, -0.2) is 25.1 Å². The van der Waals surface area contributed by atoms with Crippen LogP contribution in [0.3, 0.4) is 0 Å². The third-order valence-corrected chi connectivity index (χ3v) is 1.64. The van der Waals surface area contributed by atoms with Crippen LogP contribution in [-0.2, 0) is 0 Å². The average molecular weight is 150 g/mol. The van der Waals surface area contributed by atoms with Crippen LogP contribution in [0.5, 0.6) is 0 Å². The molecule has 0 unspecified atom stereocenters. The molecule has 0 aliphatic carbocycles. The summed E-state index contributed by atoms with van der Waals surface area (Å²) >= 11 is 0. The second kappa shape index (κ2) is 2.80. The Morgan fingerprint density at radius 3 is 2.90 bits per heavy atom. The molecule has 1 aliphatic heterocycles. The maximum atomic E-state index is 12.6. The zero-order chi connectivity index (χ0) is 7.61. The van der Waals surface area contributed by atoms with Crippen molar-refractivity contribution in [3.8, 4) is 0 Å². The van der Waals surface area contributed by atoms with Gasteiger partial charge in [-0.15, -0.1) is 0 Å². The first-order valence-corrected chi connectivity index (χ1v) is 3.44. The smallest absolute Gasteiger partial charge is 0.261 e. The van der Waals surface area contributed by atoms with Crippen molar-refractivity contribution < 1.29 is 8.78 Å². The van der Waals surface area contributed by atoms with Crippen molar-refractivity contribution in [1.82, 2.24) is 5.32 Å². The molecular weight excluding hydrogens is 138 g/mol. The Morgan fingerprint density at radius 2 is 2.20 bits per heavy atom. The number of hydrogen-bond acceptors (Lipinski definition) is 2. The highest BCUT2D eigenvalue weighted by Gasteiger charge is 2.32. The molecule has 1 saturated heterocycles. The van der Waals surface area contributed by atoms with E-state index < -0.39 is 5.92 Å². The monoisotopic (exact) mass is 150 g/mol. The summed E-state index contributed by atoms with van der Waals surface area (Å²) in [6.07, 6.45) is 0.468. The molecule has 0 aromatic heterocycles. The van der Waals surface area contributed by atoms with Crippen LogP contribution in [0.15, 0.2) is 0 Å². The molecule has 0 saturated carbocycles. The Kier molecular flexibility index (Phi) is 2.21. The molecule has 0 radical (unpaired) electrons. The summed E-state index contributed by atoms with van der Waals surface area (Å²) in [7, 11) is 0. The van der Waals surface area contributed by atoms with Gasteiger partial charge in [0.05, 0.1) is 6.54 Å². The minimum atomic E-state index is -2.60. The van der Waals surface area contributed by atoms with Gasteiger partial charge in [0, 0.05) is 12.5 Å². The molecule has 4 heteroatoms. The highest BCUT2D eigenvalue weighted by molar-refractivity contribution is 4.80. The summed E-state index contributed by atoms with van der Waals surface area (Å²) in [6.45, 7) is 0.386. The van der Waals surface area contributed by atoms with Gasteiger partial charge in [-0.05, 0) is 13.0 Å². The van der Waals surface area contributed by atoms with Crippen molar-refractivity contribution in [2.45, 2.75) is 24.8 Å². The Bertz CT molecular complexity index is 116. The third-order valence-electron chi connectivity index (χ3n) is 1.64. The summed E-state index contributed by atoms with van der Waals surface area (Å²) in [5.41, 5.74) is 5.39. The number of nitrogens with one attached hydrogen (secondary N) is 1. The molecule has 1 heterocycles. The van der Waals surface area contributed by atoms with E-state index >= 15 is 0 Å². The van der Waals surface area contributed by atoms with Crippen molar-refractivity contribution in [3.05, 3.63) is 0 Å². The van der Waals surface area contributed by atoms with E-state index in [1.807, 2.05) is 0 Å². The van der Waals surface area contributed by atoms with E-state index in [1.54, 1.807) is 0 Å². The Hall–Kier alpha value is -0.220. The lowest BCUT2D eigenvalue weighted by Gasteiger charge is -2.14. The molecule has 1 aliphatic rings. The first kappa shape index (κ1) is 7.88. The van der Waals surface area contributed by atoms with E-state index in [1.165, 1.54) is 0 Å². The maximum Gasteiger partial charge on any atom is 0.261 e. The van der Waals surface area contributed by atoms with Crippen LogP contribution >= 0.6 is 0 Å². The van der Waals surface area contributed by atoms with Gasteiger partial charge in [0.2, 0.25) is 0 Å². The molecule has 0 spiro atoms. The Balaban J connectivity index is 2.46. The summed E-state index contributed by atoms with van der Waals surface area (Å²) in [5.74, 6) is -2.60. The molecule has 0 bridgehead atoms. The fraction of sp³-hybridized carbons (Fsp3) is 1.00. The maximum absolute atomic E-state index is 12.6. The molecule has 3 N–H and O–H groups in total. The molecule has 60 valence electrons. The van der Waals surface area contributed by atoms with Crippen LogP contribution in [0.4, 0.5) is 8.78 Å². The first-order valence-electron chi connectivity index (χ1n) is 3.44. The topological polar surface area (TPSA) is 38.0 Å². The summed E-state index contributed by atoms with van der Waals surface area (Å²) in [5, 5.41) is 2.64.